The lowest BCUT2D eigenvalue weighted by molar-refractivity contribution is -0.123. The summed E-state index contributed by atoms with van der Waals surface area (Å²) >= 11 is 0. The van der Waals surface area contributed by atoms with Crippen molar-refractivity contribution in [3.63, 3.8) is 0 Å². The third kappa shape index (κ3) is 1.91. The van der Waals surface area contributed by atoms with Crippen LogP contribution in [-0.2, 0) is 16.0 Å². The molecule has 4 nitrogen and oxygen atoms in total. The molecule has 1 amide bonds. The van der Waals surface area contributed by atoms with E-state index in [0.717, 1.165) is 18.7 Å². The lowest BCUT2D eigenvalue weighted by Crippen LogP contribution is -2.54. The Hall–Kier alpha value is -1.39. The van der Waals surface area contributed by atoms with Crippen molar-refractivity contribution in [2.24, 2.45) is 0 Å². The summed E-state index contributed by atoms with van der Waals surface area (Å²) in [4.78, 5) is 14.5. The molecule has 1 aromatic rings. The van der Waals surface area contributed by atoms with Crippen LogP contribution < -0.4 is 10.2 Å². The van der Waals surface area contributed by atoms with Crippen LogP contribution in [0.2, 0.25) is 0 Å². The molecule has 2 aliphatic heterocycles. The molecule has 1 fully saturated rings. The Kier molecular flexibility index (Phi) is 3.06. The van der Waals surface area contributed by atoms with Gasteiger partial charge in [-0.05, 0) is 25.0 Å². The number of carbonyl (C=O) groups excluding carboxylic acids is 1. The Morgan fingerprint density at radius 3 is 3.06 bits per heavy atom. The molecule has 1 aromatic carbocycles. The highest BCUT2D eigenvalue weighted by molar-refractivity contribution is 5.99. The highest BCUT2D eigenvalue weighted by Crippen LogP contribution is 2.32. The Bertz CT molecular complexity index is 455. The van der Waals surface area contributed by atoms with Crippen LogP contribution in [0.1, 0.15) is 12.5 Å². The average Bonchev–Trinajstić information content (AvgIpc) is 2.75. The molecule has 0 aliphatic carbocycles. The normalized spacial score (nSPS) is 27.1. The molecule has 0 aromatic heterocycles. The quantitative estimate of drug-likeness (QED) is 0.802. The number of hydrogen-bond donors (Lipinski definition) is 1. The summed E-state index contributed by atoms with van der Waals surface area (Å²) in [7, 11) is 0. The number of para-hydroxylation sites is 1. The van der Waals surface area contributed by atoms with E-state index in [9.17, 15) is 4.79 Å². The lowest BCUT2D eigenvalue weighted by Gasteiger charge is -2.30. The molecule has 0 spiro atoms. The molecule has 3 rings (SSSR count). The number of morpholine rings is 1. The minimum Gasteiger partial charge on any atom is -0.378 e. The molecule has 2 aliphatic rings. The summed E-state index contributed by atoms with van der Waals surface area (Å²) in [6, 6.07) is 8.18. The van der Waals surface area contributed by atoms with Crippen LogP contribution >= 0.6 is 0 Å². The molecule has 2 heterocycles. The van der Waals surface area contributed by atoms with E-state index < -0.39 is 0 Å². The smallest absolute Gasteiger partial charge is 0.246 e. The van der Waals surface area contributed by atoms with E-state index in [-0.39, 0.29) is 18.0 Å². The molecule has 0 bridgehead atoms. The predicted octanol–water partition coefficient (Wildman–Crippen LogP) is 0.953. The van der Waals surface area contributed by atoms with Crippen LogP contribution in [0.25, 0.3) is 0 Å². The molecular formula is C14H18N2O2. The van der Waals surface area contributed by atoms with Gasteiger partial charge >= 0.3 is 0 Å². The zero-order valence-corrected chi connectivity index (χ0v) is 10.6. The number of carbonyl (C=O) groups is 1. The van der Waals surface area contributed by atoms with Crippen LogP contribution in [-0.4, -0.2) is 37.7 Å². The van der Waals surface area contributed by atoms with Crippen LogP contribution in [0.5, 0.6) is 0 Å². The van der Waals surface area contributed by atoms with Crippen LogP contribution in [0, 0.1) is 0 Å². The Morgan fingerprint density at radius 2 is 2.28 bits per heavy atom. The zero-order valence-electron chi connectivity index (χ0n) is 10.6. The standard InChI is InChI=1S/C14H18N2O2/c1-10-8-11-4-2-3-5-13(11)16(10)14(17)12-9-18-7-6-15-12/h2-5,10,12,15H,6-9H2,1H3. The number of amides is 1. The van der Waals surface area contributed by atoms with Gasteiger partial charge in [0.1, 0.15) is 6.04 Å². The summed E-state index contributed by atoms with van der Waals surface area (Å²) < 4.78 is 5.38. The van der Waals surface area contributed by atoms with E-state index >= 15 is 0 Å². The predicted molar refractivity (Wildman–Crippen MR) is 69.7 cm³/mol. The maximum Gasteiger partial charge on any atom is 0.246 e. The number of fused-ring (bicyclic) bond motifs is 1. The van der Waals surface area contributed by atoms with Crippen molar-refractivity contribution in [2.75, 3.05) is 24.7 Å². The third-order valence-corrected chi connectivity index (χ3v) is 3.66. The van der Waals surface area contributed by atoms with Crippen molar-refractivity contribution >= 4 is 11.6 Å². The minimum absolute atomic E-state index is 0.132. The van der Waals surface area contributed by atoms with Crippen LogP contribution in [0.3, 0.4) is 0 Å². The molecule has 0 saturated carbocycles. The fourth-order valence-corrected chi connectivity index (χ4v) is 2.79. The average molecular weight is 246 g/mol. The van der Waals surface area contributed by atoms with E-state index in [1.807, 2.05) is 23.1 Å². The van der Waals surface area contributed by atoms with Gasteiger partial charge in [0.15, 0.2) is 0 Å². The van der Waals surface area contributed by atoms with Gasteiger partial charge in [0, 0.05) is 18.3 Å². The van der Waals surface area contributed by atoms with Crippen molar-refractivity contribution < 1.29 is 9.53 Å². The van der Waals surface area contributed by atoms with Gasteiger partial charge in [0.2, 0.25) is 5.91 Å². The Balaban J connectivity index is 1.85. The second-order valence-corrected chi connectivity index (χ2v) is 4.97. The van der Waals surface area contributed by atoms with Gasteiger partial charge in [-0.1, -0.05) is 18.2 Å². The van der Waals surface area contributed by atoms with Crippen molar-refractivity contribution in [2.45, 2.75) is 25.4 Å². The van der Waals surface area contributed by atoms with Crippen molar-refractivity contribution in [3.8, 4) is 0 Å². The number of anilines is 1. The molecule has 18 heavy (non-hydrogen) atoms. The summed E-state index contributed by atoms with van der Waals surface area (Å²) in [6.07, 6.45) is 0.940. The third-order valence-electron chi connectivity index (χ3n) is 3.66. The summed E-state index contributed by atoms with van der Waals surface area (Å²) in [5.74, 6) is 0.132. The van der Waals surface area contributed by atoms with Gasteiger partial charge in [0.05, 0.1) is 13.2 Å². The Labute approximate surface area is 107 Å². The van der Waals surface area contributed by atoms with Gasteiger partial charge in [-0.2, -0.15) is 0 Å². The van der Waals surface area contributed by atoms with E-state index in [0.29, 0.717) is 13.2 Å². The first-order valence-electron chi connectivity index (χ1n) is 6.49. The molecular weight excluding hydrogens is 228 g/mol. The molecule has 0 radical (unpaired) electrons. The first kappa shape index (κ1) is 11.7. The van der Waals surface area contributed by atoms with E-state index in [1.165, 1.54) is 5.56 Å². The number of nitrogens with zero attached hydrogens (tertiary/aromatic N) is 1. The minimum atomic E-state index is -0.202. The second-order valence-electron chi connectivity index (χ2n) is 4.97. The summed E-state index contributed by atoms with van der Waals surface area (Å²) in [5, 5.41) is 3.23. The van der Waals surface area contributed by atoms with Gasteiger partial charge in [-0.15, -0.1) is 0 Å². The van der Waals surface area contributed by atoms with Crippen LogP contribution in [0.4, 0.5) is 5.69 Å². The van der Waals surface area contributed by atoms with E-state index in [4.69, 9.17) is 4.74 Å². The number of benzene rings is 1. The number of rotatable bonds is 1. The molecule has 1 N–H and O–H groups in total. The van der Waals surface area contributed by atoms with Gasteiger partial charge in [0.25, 0.3) is 0 Å². The SMILES string of the molecule is CC1Cc2ccccc2N1C(=O)C1COCCN1. The van der Waals surface area contributed by atoms with Crippen molar-refractivity contribution in [1.82, 2.24) is 5.32 Å². The van der Waals surface area contributed by atoms with Crippen molar-refractivity contribution in [1.29, 1.82) is 0 Å². The molecule has 2 unspecified atom stereocenters. The first-order chi connectivity index (χ1) is 8.77. The number of hydrogen-bond acceptors (Lipinski definition) is 3. The van der Waals surface area contributed by atoms with E-state index in [1.54, 1.807) is 0 Å². The highest BCUT2D eigenvalue weighted by atomic mass is 16.5. The second kappa shape index (κ2) is 4.71. The van der Waals surface area contributed by atoms with E-state index in [2.05, 4.69) is 18.3 Å². The topological polar surface area (TPSA) is 41.6 Å². The maximum atomic E-state index is 12.6. The highest BCUT2D eigenvalue weighted by Gasteiger charge is 2.35. The molecule has 96 valence electrons. The number of nitrogens with one attached hydrogen (secondary N) is 1. The lowest BCUT2D eigenvalue weighted by atomic mass is 10.1. The molecule has 1 saturated heterocycles. The first-order valence-corrected chi connectivity index (χ1v) is 6.49. The number of ether oxygens (including phenoxy) is 1. The largest absolute Gasteiger partial charge is 0.378 e. The molecule has 2 atom stereocenters. The fourth-order valence-electron chi connectivity index (χ4n) is 2.79. The Morgan fingerprint density at radius 1 is 1.44 bits per heavy atom. The summed E-state index contributed by atoms with van der Waals surface area (Å²) in [6.45, 7) is 4.02. The summed E-state index contributed by atoms with van der Waals surface area (Å²) in [5.41, 5.74) is 2.32. The molecule has 4 heteroatoms. The van der Waals surface area contributed by atoms with Crippen LogP contribution in [0.15, 0.2) is 24.3 Å². The van der Waals surface area contributed by atoms with Gasteiger partial charge in [-0.25, -0.2) is 0 Å². The van der Waals surface area contributed by atoms with Crippen molar-refractivity contribution in [3.05, 3.63) is 29.8 Å². The zero-order chi connectivity index (χ0) is 12.5. The monoisotopic (exact) mass is 246 g/mol. The van der Waals surface area contributed by atoms with Gasteiger partial charge < -0.3 is 15.0 Å². The fraction of sp³-hybridized carbons (Fsp3) is 0.500. The van der Waals surface area contributed by atoms with Gasteiger partial charge in [-0.3, -0.25) is 4.79 Å². The maximum absolute atomic E-state index is 12.6.